The normalized spacial score (nSPS) is 16.6. The molecule has 1 atom stereocenters. The first kappa shape index (κ1) is 24.4. The van der Waals surface area contributed by atoms with Crippen molar-refractivity contribution in [1.82, 2.24) is 14.1 Å². The van der Waals surface area contributed by atoms with Gasteiger partial charge in [0.2, 0.25) is 10.0 Å². The number of aromatic nitrogens is 2. The number of rotatable bonds is 6. The summed E-state index contributed by atoms with van der Waals surface area (Å²) in [6.45, 7) is 3.63. The average Bonchev–Trinajstić information content (AvgIpc) is 3.41. The number of aryl methyl sites for hydroxylation is 1. The predicted octanol–water partition coefficient (Wildman–Crippen LogP) is 4.71. The highest BCUT2D eigenvalue weighted by molar-refractivity contribution is 7.99. The highest BCUT2D eigenvalue weighted by Crippen LogP contribution is 2.38. The van der Waals surface area contributed by atoms with E-state index in [9.17, 15) is 23.3 Å². The fourth-order valence-electron chi connectivity index (χ4n) is 3.95. The Balaban J connectivity index is 1.65. The lowest BCUT2D eigenvalue weighted by Gasteiger charge is -2.23. The Bertz CT molecular complexity index is 1370. The molecule has 2 heterocycles. The second kappa shape index (κ2) is 9.49. The van der Waals surface area contributed by atoms with Crippen LogP contribution in [-0.2, 0) is 10.0 Å². The van der Waals surface area contributed by atoms with Crippen LogP contribution in [-0.4, -0.2) is 45.9 Å². The van der Waals surface area contributed by atoms with Crippen molar-refractivity contribution in [2.75, 3.05) is 6.54 Å². The van der Waals surface area contributed by atoms with Crippen molar-refractivity contribution in [3.63, 3.8) is 0 Å². The number of nitrogens with zero attached hydrogens (tertiary/aromatic N) is 4. The van der Waals surface area contributed by atoms with Crippen LogP contribution in [0.25, 0.3) is 0 Å². The van der Waals surface area contributed by atoms with Gasteiger partial charge in [-0.25, -0.2) is 13.1 Å². The second-order valence-electron chi connectivity index (χ2n) is 7.80. The third kappa shape index (κ3) is 4.48. The first-order valence-electron chi connectivity index (χ1n) is 10.4. The van der Waals surface area contributed by atoms with Crippen LogP contribution < -0.4 is 0 Å². The van der Waals surface area contributed by atoms with Gasteiger partial charge in [0.05, 0.1) is 31.0 Å². The van der Waals surface area contributed by atoms with E-state index < -0.39 is 26.9 Å². The molecular formula is C22H21ClN4O5S2. The molecule has 4 rings (SSSR count). The number of para-hydroxylation sites is 1. The summed E-state index contributed by atoms with van der Waals surface area (Å²) in [5.41, 5.74) is 0.988. The number of hydrogen-bond acceptors (Lipinski definition) is 7. The van der Waals surface area contributed by atoms with E-state index in [1.54, 1.807) is 32.0 Å². The Morgan fingerprint density at radius 1 is 1.18 bits per heavy atom. The molecule has 0 radical (unpaired) electrons. The minimum Gasteiger partial charge on any atom is -0.271 e. The molecule has 1 aromatic heterocycles. The van der Waals surface area contributed by atoms with Crippen LogP contribution in [0.4, 0.5) is 5.69 Å². The molecule has 0 amide bonds. The molecular weight excluding hydrogens is 500 g/mol. The van der Waals surface area contributed by atoms with Crippen LogP contribution in [0.1, 0.15) is 29.0 Å². The second-order valence-corrected chi connectivity index (χ2v) is 11.2. The fourth-order valence-corrected chi connectivity index (χ4v) is 6.77. The van der Waals surface area contributed by atoms with Gasteiger partial charge in [0.15, 0.2) is 0 Å². The van der Waals surface area contributed by atoms with Gasteiger partial charge in [-0.3, -0.25) is 14.9 Å². The van der Waals surface area contributed by atoms with Crippen molar-refractivity contribution in [3.05, 3.63) is 75.1 Å². The van der Waals surface area contributed by atoms with Crippen molar-refractivity contribution in [1.29, 1.82) is 0 Å². The highest BCUT2D eigenvalue weighted by atomic mass is 35.5. The van der Waals surface area contributed by atoms with Crippen LogP contribution in [0.2, 0.25) is 5.02 Å². The van der Waals surface area contributed by atoms with E-state index in [0.717, 1.165) is 11.8 Å². The van der Waals surface area contributed by atoms with E-state index in [2.05, 4.69) is 5.10 Å². The first-order valence-corrected chi connectivity index (χ1v) is 13.0. The third-order valence-electron chi connectivity index (χ3n) is 5.62. The summed E-state index contributed by atoms with van der Waals surface area (Å²) in [7, 11) is -3.90. The number of halogens is 1. The monoisotopic (exact) mass is 520 g/mol. The van der Waals surface area contributed by atoms with Crippen molar-refractivity contribution >= 4 is 45.0 Å². The number of nitro benzene ring substituents is 1. The third-order valence-corrected chi connectivity index (χ3v) is 9.15. The zero-order valence-corrected chi connectivity index (χ0v) is 20.7. The summed E-state index contributed by atoms with van der Waals surface area (Å²) in [4.78, 5) is 25.5. The maximum atomic E-state index is 13.5. The number of carbonyl (C=O) groups is 1. The molecule has 34 heavy (non-hydrogen) atoms. The summed E-state index contributed by atoms with van der Waals surface area (Å²) in [6.07, 6.45) is 0.914. The summed E-state index contributed by atoms with van der Waals surface area (Å²) >= 11 is 7.05. The summed E-state index contributed by atoms with van der Waals surface area (Å²) in [5, 5.41) is 16.2. The molecule has 0 bridgehead atoms. The summed E-state index contributed by atoms with van der Waals surface area (Å²) < 4.78 is 28.9. The molecule has 178 valence electrons. The number of benzene rings is 2. The molecule has 1 aliphatic rings. The van der Waals surface area contributed by atoms with Crippen LogP contribution in [0, 0.1) is 24.0 Å². The Kier molecular flexibility index (Phi) is 6.81. The molecule has 1 saturated heterocycles. The maximum absolute atomic E-state index is 13.5. The van der Waals surface area contributed by atoms with Gasteiger partial charge in [0.1, 0.15) is 6.04 Å². The van der Waals surface area contributed by atoms with E-state index in [4.69, 9.17) is 11.6 Å². The zero-order chi connectivity index (χ0) is 24.6. The van der Waals surface area contributed by atoms with Crippen molar-refractivity contribution in [2.45, 2.75) is 47.4 Å². The average molecular weight is 521 g/mol. The number of nitro groups is 1. The Morgan fingerprint density at radius 2 is 1.85 bits per heavy atom. The summed E-state index contributed by atoms with van der Waals surface area (Å²) in [6, 6.07) is 11.3. The standard InChI is InChI=1S/C22H21ClN4O5S2/c1-14-21(33-20-8-4-3-6-18(20)27(29)30)15(2)26(24-14)22(28)19-7-5-13-25(19)34(31,32)17-11-9-16(23)10-12-17/h3-4,6,8-12,19H,5,7,13H2,1-2H3. The topological polar surface area (TPSA) is 115 Å². The molecule has 0 aliphatic carbocycles. The van der Waals surface area contributed by atoms with Gasteiger partial charge in [0.25, 0.3) is 11.6 Å². The minimum absolute atomic E-state index is 0.0404. The molecule has 0 spiro atoms. The summed E-state index contributed by atoms with van der Waals surface area (Å²) in [5.74, 6) is -0.454. The highest BCUT2D eigenvalue weighted by Gasteiger charge is 2.41. The molecule has 1 unspecified atom stereocenters. The van der Waals surface area contributed by atoms with Gasteiger partial charge in [-0.2, -0.15) is 9.40 Å². The van der Waals surface area contributed by atoms with Crippen LogP contribution in [0.5, 0.6) is 0 Å². The molecule has 2 aromatic carbocycles. The van der Waals surface area contributed by atoms with Gasteiger partial charge in [-0.1, -0.05) is 35.5 Å². The number of carbonyl (C=O) groups excluding carboxylic acids is 1. The van der Waals surface area contributed by atoms with E-state index in [1.165, 1.54) is 39.3 Å². The van der Waals surface area contributed by atoms with Crippen molar-refractivity contribution < 1.29 is 18.1 Å². The molecule has 12 heteroatoms. The smallest absolute Gasteiger partial charge is 0.271 e. The van der Waals surface area contributed by atoms with Crippen molar-refractivity contribution in [3.8, 4) is 0 Å². The maximum Gasteiger partial charge on any atom is 0.283 e. The van der Waals surface area contributed by atoms with Crippen molar-refractivity contribution in [2.24, 2.45) is 0 Å². The molecule has 0 saturated carbocycles. The van der Waals surface area contributed by atoms with E-state index >= 15 is 0 Å². The quantitative estimate of drug-likeness (QED) is 0.341. The first-order chi connectivity index (χ1) is 16.1. The van der Waals surface area contributed by atoms with Gasteiger partial charge >= 0.3 is 0 Å². The van der Waals surface area contributed by atoms with E-state index in [-0.39, 0.29) is 17.1 Å². The fraction of sp³-hybridized carbons (Fsp3) is 0.273. The van der Waals surface area contributed by atoms with Crippen LogP contribution in [0.3, 0.4) is 0 Å². The molecule has 1 aliphatic heterocycles. The number of hydrogen-bond donors (Lipinski definition) is 0. The Hall–Kier alpha value is -2.73. The molecule has 0 N–H and O–H groups in total. The minimum atomic E-state index is -3.90. The van der Waals surface area contributed by atoms with Gasteiger partial charge in [-0.05, 0) is 57.0 Å². The zero-order valence-electron chi connectivity index (χ0n) is 18.3. The van der Waals surface area contributed by atoms with Gasteiger partial charge < -0.3 is 0 Å². The molecule has 3 aromatic rings. The molecule has 9 nitrogen and oxygen atoms in total. The van der Waals surface area contributed by atoms with Gasteiger partial charge in [-0.15, -0.1) is 0 Å². The lowest BCUT2D eigenvalue weighted by Crippen LogP contribution is -2.43. The largest absolute Gasteiger partial charge is 0.283 e. The Labute approximate surface area is 205 Å². The Morgan fingerprint density at radius 3 is 2.53 bits per heavy atom. The molecule has 1 fully saturated rings. The lowest BCUT2D eigenvalue weighted by atomic mass is 10.2. The van der Waals surface area contributed by atoms with Gasteiger partial charge in [0, 0.05) is 17.6 Å². The lowest BCUT2D eigenvalue weighted by molar-refractivity contribution is -0.387. The van der Waals surface area contributed by atoms with E-state index in [0.29, 0.717) is 39.0 Å². The SMILES string of the molecule is Cc1nn(C(=O)C2CCCN2S(=O)(=O)c2ccc(Cl)cc2)c(C)c1Sc1ccccc1[N+](=O)[O-]. The van der Waals surface area contributed by atoms with Crippen LogP contribution in [0.15, 0.2) is 63.2 Å². The number of sulfonamides is 1. The van der Waals surface area contributed by atoms with Crippen LogP contribution >= 0.6 is 23.4 Å². The predicted molar refractivity (Wildman–Crippen MR) is 128 cm³/mol. The van der Waals surface area contributed by atoms with E-state index in [1.807, 2.05) is 0 Å².